The van der Waals surface area contributed by atoms with Crippen molar-refractivity contribution in [2.24, 2.45) is 0 Å². The Morgan fingerprint density at radius 1 is 1.58 bits per heavy atom. The number of phenols is 1. The molecule has 1 amide bonds. The first kappa shape index (κ1) is 17.5. The molecule has 2 heterocycles. The summed E-state index contributed by atoms with van der Waals surface area (Å²) >= 11 is 12.6. The van der Waals surface area contributed by atoms with Crippen molar-refractivity contribution in [2.75, 3.05) is 20.3 Å². The van der Waals surface area contributed by atoms with Gasteiger partial charge in [0.15, 0.2) is 11.5 Å². The zero-order chi connectivity index (χ0) is 17.3. The number of methoxy groups -OCH3 is 1. The maximum absolute atomic E-state index is 12.6. The summed E-state index contributed by atoms with van der Waals surface area (Å²) in [5, 5.41) is 9.95. The van der Waals surface area contributed by atoms with Gasteiger partial charge < -0.3 is 14.6 Å². The highest BCUT2D eigenvalue weighted by atomic mass is 35.5. The Kier molecular flexibility index (Phi) is 5.34. The molecule has 8 heteroatoms. The minimum Gasteiger partial charge on any atom is -0.503 e. The minimum absolute atomic E-state index is 0.0510. The van der Waals surface area contributed by atoms with Crippen LogP contribution in [-0.4, -0.2) is 46.6 Å². The van der Waals surface area contributed by atoms with Gasteiger partial charge in [-0.3, -0.25) is 9.69 Å². The standard InChI is InChI=1S/C16H16ClNO4S2/c1-21-12-6-9(5-11(17)14(12)19)7-13-15(20)18(16(23)24-13)8-10-3-2-4-22-10/h5-7,10,19H,2-4,8H2,1H3/b13-7-/t10-/m0/s1. The topological polar surface area (TPSA) is 59.0 Å². The molecule has 0 saturated carbocycles. The lowest BCUT2D eigenvalue weighted by Gasteiger charge is -2.18. The molecule has 2 fully saturated rings. The number of benzene rings is 1. The molecule has 5 nitrogen and oxygen atoms in total. The van der Waals surface area contributed by atoms with Gasteiger partial charge in [0.25, 0.3) is 5.91 Å². The van der Waals surface area contributed by atoms with Gasteiger partial charge in [-0.05, 0) is 36.6 Å². The predicted octanol–water partition coefficient (Wildman–Crippen LogP) is 3.43. The fraction of sp³-hybridized carbons (Fsp3) is 0.375. The zero-order valence-electron chi connectivity index (χ0n) is 13.0. The molecule has 0 bridgehead atoms. The van der Waals surface area contributed by atoms with Gasteiger partial charge in [0, 0.05) is 6.61 Å². The number of carbonyl (C=O) groups excluding carboxylic acids is 1. The van der Waals surface area contributed by atoms with Crippen LogP contribution in [0.4, 0.5) is 0 Å². The summed E-state index contributed by atoms with van der Waals surface area (Å²) in [6.45, 7) is 1.22. The van der Waals surface area contributed by atoms with Crippen LogP contribution in [-0.2, 0) is 9.53 Å². The van der Waals surface area contributed by atoms with Crippen molar-refractivity contribution in [2.45, 2.75) is 18.9 Å². The Labute approximate surface area is 154 Å². The molecule has 2 aliphatic rings. The molecule has 1 aromatic rings. The van der Waals surface area contributed by atoms with Crippen LogP contribution in [0.15, 0.2) is 17.0 Å². The lowest BCUT2D eigenvalue weighted by Crippen LogP contribution is -2.35. The highest BCUT2D eigenvalue weighted by Gasteiger charge is 2.34. The van der Waals surface area contributed by atoms with Crippen molar-refractivity contribution in [1.29, 1.82) is 0 Å². The maximum Gasteiger partial charge on any atom is 0.266 e. The number of ether oxygens (including phenoxy) is 2. The first-order valence-corrected chi connectivity index (χ1v) is 9.03. The van der Waals surface area contributed by atoms with Gasteiger partial charge in [-0.2, -0.15) is 0 Å². The fourth-order valence-electron chi connectivity index (χ4n) is 2.63. The largest absolute Gasteiger partial charge is 0.503 e. The predicted molar refractivity (Wildman–Crippen MR) is 98.5 cm³/mol. The van der Waals surface area contributed by atoms with Crippen LogP contribution in [0.25, 0.3) is 6.08 Å². The molecule has 2 saturated heterocycles. The molecule has 2 aliphatic heterocycles. The van der Waals surface area contributed by atoms with Crippen LogP contribution in [0.3, 0.4) is 0 Å². The number of thiocarbonyl (C=S) groups is 1. The van der Waals surface area contributed by atoms with E-state index in [1.165, 1.54) is 18.9 Å². The van der Waals surface area contributed by atoms with Crippen molar-refractivity contribution in [3.05, 3.63) is 27.6 Å². The maximum atomic E-state index is 12.6. The normalized spacial score (nSPS) is 22.7. The number of hydrogen-bond acceptors (Lipinski definition) is 6. The van der Waals surface area contributed by atoms with Crippen LogP contribution in [0.2, 0.25) is 5.02 Å². The van der Waals surface area contributed by atoms with Crippen molar-refractivity contribution >= 4 is 51.9 Å². The van der Waals surface area contributed by atoms with Crippen LogP contribution >= 0.6 is 35.6 Å². The van der Waals surface area contributed by atoms with E-state index in [0.717, 1.165) is 19.4 Å². The Bertz CT molecular complexity index is 716. The summed E-state index contributed by atoms with van der Waals surface area (Å²) in [5.74, 6) is -0.00510. The SMILES string of the molecule is COc1cc(/C=C2\SC(=S)N(C[C@@H]3CCCO3)C2=O)cc(Cl)c1O. The van der Waals surface area contributed by atoms with Crippen molar-refractivity contribution < 1.29 is 19.4 Å². The second-order valence-electron chi connectivity index (χ2n) is 5.48. The molecule has 0 spiro atoms. The third-order valence-electron chi connectivity index (χ3n) is 3.85. The molecule has 0 aromatic heterocycles. The van der Waals surface area contributed by atoms with E-state index >= 15 is 0 Å². The summed E-state index contributed by atoms with van der Waals surface area (Å²) in [6, 6.07) is 3.19. The van der Waals surface area contributed by atoms with Crippen LogP contribution in [0.5, 0.6) is 11.5 Å². The molecule has 1 atom stereocenters. The highest BCUT2D eigenvalue weighted by molar-refractivity contribution is 8.26. The third kappa shape index (κ3) is 3.54. The Balaban J connectivity index is 1.82. The number of phenolic OH excluding ortho intramolecular Hbond substituents is 1. The van der Waals surface area contributed by atoms with Crippen LogP contribution in [0.1, 0.15) is 18.4 Å². The molecule has 24 heavy (non-hydrogen) atoms. The molecule has 1 aromatic carbocycles. The number of aromatic hydroxyl groups is 1. The Morgan fingerprint density at radius 3 is 3.04 bits per heavy atom. The molecule has 0 aliphatic carbocycles. The average Bonchev–Trinajstić information content (AvgIpc) is 3.15. The average molecular weight is 386 g/mol. The zero-order valence-corrected chi connectivity index (χ0v) is 15.3. The second kappa shape index (κ2) is 7.31. The third-order valence-corrected chi connectivity index (χ3v) is 5.52. The van der Waals surface area contributed by atoms with Gasteiger partial charge in [0.05, 0.1) is 29.7 Å². The van der Waals surface area contributed by atoms with Gasteiger partial charge in [-0.25, -0.2) is 0 Å². The fourth-order valence-corrected chi connectivity index (χ4v) is 4.13. The number of carbonyl (C=O) groups is 1. The summed E-state index contributed by atoms with van der Waals surface area (Å²) in [4.78, 5) is 14.7. The number of halogens is 1. The van der Waals surface area contributed by atoms with Gasteiger partial charge in [-0.15, -0.1) is 0 Å². The smallest absolute Gasteiger partial charge is 0.266 e. The molecule has 128 valence electrons. The lowest BCUT2D eigenvalue weighted by molar-refractivity contribution is -0.123. The number of amides is 1. The number of hydrogen-bond donors (Lipinski definition) is 1. The van der Waals surface area contributed by atoms with E-state index in [1.807, 2.05) is 0 Å². The number of nitrogens with zero attached hydrogens (tertiary/aromatic N) is 1. The van der Waals surface area contributed by atoms with Gasteiger partial charge >= 0.3 is 0 Å². The van der Waals surface area contributed by atoms with E-state index in [2.05, 4.69) is 0 Å². The molecule has 1 N–H and O–H groups in total. The van der Waals surface area contributed by atoms with E-state index < -0.39 is 0 Å². The van der Waals surface area contributed by atoms with Gasteiger partial charge in [0.2, 0.25) is 0 Å². The summed E-state index contributed by atoms with van der Waals surface area (Å²) in [7, 11) is 1.44. The lowest BCUT2D eigenvalue weighted by atomic mass is 10.1. The molecule has 0 unspecified atom stereocenters. The van der Waals surface area contributed by atoms with Crippen molar-refractivity contribution in [3.8, 4) is 11.5 Å². The summed E-state index contributed by atoms with van der Waals surface area (Å²) in [6.07, 6.45) is 3.71. The van der Waals surface area contributed by atoms with Crippen molar-refractivity contribution in [3.63, 3.8) is 0 Å². The Morgan fingerprint density at radius 2 is 2.38 bits per heavy atom. The van der Waals surface area contributed by atoms with Crippen molar-refractivity contribution in [1.82, 2.24) is 4.90 Å². The number of rotatable bonds is 4. The first-order chi connectivity index (χ1) is 11.5. The summed E-state index contributed by atoms with van der Waals surface area (Å²) < 4.78 is 11.2. The Hall–Kier alpha value is -1.28. The molecular formula is C16H16ClNO4S2. The summed E-state index contributed by atoms with van der Waals surface area (Å²) in [5.41, 5.74) is 0.660. The minimum atomic E-state index is -0.135. The highest BCUT2D eigenvalue weighted by Crippen LogP contribution is 2.38. The van der Waals surface area contributed by atoms with E-state index in [9.17, 15) is 9.90 Å². The molecule has 3 rings (SSSR count). The van der Waals surface area contributed by atoms with Crippen LogP contribution < -0.4 is 4.74 Å². The van der Waals surface area contributed by atoms with Gasteiger partial charge in [-0.1, -0.05) is 35.6 Å². The van der Waals surface area contributed by atoms with E-state index in [4.69, 9.17) is 33.3 Å². The van der Waals surface area contributed by atoms with E-state index in [-0.39, 0.29) is 28.5 Å². The first-order valence-electron chi connectivity index (χ1n) is 7.43. The molecular weight excluding hydrogens is 370 g/mol. The second-order valence-corrected chi connectivity index (χ2v) is 7.56. The monoisotopic (exact) mass is 385 g/mol. The van der Waals surface area contributed by atoms with E-state index in [1.54, 1.807) is 23.1 Å². The molecule has 0 radical (unpaired) electrons. The van der Waals surface area contributed by atoms with E-state index in [0.29, 0.717) is 21.3 Å². The number of thioether (sulfide) groups is 1. The quantitative estimate of drug-likeness (QED) is 0.633. The van der Waals surface area contributed by atoms with Crippen LogP contribution in [0, 0.1) is 0 Å². The van der Waals surface area contributed by atoms with Gasteiger partial charge in [0.1, 0.15) is 4.32 Å².